The third-order valence-electron chi connectivity index (χ3n) is 2.62. The van der Waals surface area contributed by atoms with Crippen LogP contribution in [0.25, 0.3) is 0 Å². The molecule has 0 aromatic heterocycles. The average molecular weight is 258 g/mol. The third kappa shape index (κ3) is 5.20. The van der Waals surface area contributed by atoms with Crippen LogP contribution in [0.1, 0.15) is 12.8 Å². The zero-order valence-electron chi connectivity index (χ0n) is 9.81. The fourth-order valence-corrected chi connectivity index (χ4v) is 2.86. The van der Waals surface area contributed by atoms with E-state index in [0.29, 0.717) is 26.2 Å². The van der Waals surface area contributed by atoms with Gasteiger partial charge in [0.1, 0.15) is 5.75 Å². The van der Waals surface area contributed by atoms with Crippen molar-refractivity contribution in [1.29, 1.82) is 0 Å². The highest BCUT2D eigenvalue weighted by Gasteiger charge is 2.23. The summed E-state index contributed by atoms with van der Waals surface area (Å²) < 4.78 is 23.2. The van der Waals surface area contributed by atoms with E-state index >= 15 is 0 Å². The van der Waals surface area contributed by atoms with E-state index in [1.54, 1.807) is 4.90 Å². The van der Waals surface area contributed by atoms with Crippen LogP contribution in [0.5, 0.6) is 0 Å². The van der Waals surface area contributed by atoms with Crippen molar-refractivity contribution in [3.8, 4) is 12.3 Å². The number of carbonyl (C=O) groups excluding carboxylic acids is 1. The van der Waals surface area contributed by atoms with E-state index in [1.165, 1.54) is 0 Å². The molecule has 1 heterocycles. The molecule has 96 valence electrons. The monoisotopic (exact) mass is 258 g/mol. The molecule has 0 aromatic carbocycles. The van der Waals surface area contributed by atoms with Crippen LogP contribution >= 0.6 is 0 Å². The Balaban J connectivity index is 2.33. The molecule has 1 saturated heterocycles. The van der Waals surface area contributed by atoms with Crippen molar-refractivity contribution < 1.29 is 13.2 Å². The minimum absolute atomic E-state index is 0.0474. The first kappa shape index (κ1) is 14.0. The first-order chi connectivity index (χ1) is 8.05. The molecule has 0 aromatic rings. The van der Waals surface area contributed by atoms with Gasteiger partial charge in [0.05, 0.1) is 12.3 Å². The lowest BCUT2D eigenvalue weighted by Gasteiger charge is -2.15. The second kappa shape index (κ2) is 6.62. The Morgan fingerprint density at radius 2 is 2.00 bits per heavy atom. The van der Waals surface area contributed by atoms with E-state index in [-0.39, 0.29) is 17.4 Å². The molecule has 1 N–H and O–H groups in total. The predicted octanol–water partition coefficient (Wildman–Crippen LogP) is -0.754. The van der Waals surface area contributed by atoms with E-state index in [2.05, 4.69) is 11.2 Å². The second-order valence-electron chi connectivity index (χ2n) is 4.06. The molecule has 0 unspecified atom stereocenters. The van der Waals surface area contributed by atoms with Gasteiger partial charge >= 0.3 is 0 Å². The second-order valence-corrected chi connectivity index (χ2v) is 6.24. The number of terminal acetylenes is 1. The molecule has 0 saturated carbocycles. The maximum absolute atomic E-state index is 11.6. The minimum atomic E-state index is -3.32. The summed E-state index contributed by atoms with van der Waals surface area (Å²) in [5.74, 6) is 1.65. The lowest BCUT2D eigenvalue weighted by molar-refractivity contribution is -0.127. The highest BCUT2D eigenvalue weighted by atomic mass is 32.2. The van der Waals surface area contributed by atoms with Crippen LogP contribution in [-0.2, 0) is 14.6 Å². The third-order valence-corrected chi connectivity index (χ3v) is 4.13. The van der Waals surface area contributed by atoms with Crippen molar-refractivity contribution in [3.05, 3.63) is 0 Å². The summed E-state index contributed by atoms with van der Waals surface area (Å²) in [6.45, 7) is 2.00. The molecular weight excluding hydrogens is 240 g/mol. The van der Waals surface area contributed by atoms with Gasteiger partial charge in [0, 0.05) is 19.6 Å². The Labute approximate surface area is 102 Å². The van der Waals surface area contributed by atoms with Crippen LogP contribution in [0.2, 0.25) is 0 Å². The van der Waals surface area contributed by atoms with Crippen LogP contribution in [0, 0.1) is 12.3 Å². The van der Waals surface area contributed by atoms with Crippen LogP contribution in [-0.4, -0.2) is 56.9 Å². The Bertz CT molecular complexity index is 391. The zero-order chi connectivity index (χ0) is 12.7. The van der Waals surface area contributed by atoms with Crippen molar-refractivity contribution in [1.82, 2.24) is 10.2 Å². The molecule has 1 fully saturated rings. The lowest BCUT2D eigenvalue weighted by Crippen LogP contribution is -2.35. The summed E-state index contributed by atoms with van der Waals surface area (Å²) in [6, 6.07) is 0. The number of carbonyl (C=O) groups is 1. The number of sulfone groups is 1. The predicted molar refractivity (Wildman–Crippen MR) is 66.2 cm³/mol. The van der Waals surface area contributed by atoms with Gasteiger partial charge in [-0.25, -0.2) is 8.42 Å². The van der Waals surface area contributed by atoms with E-state index in [1.807, 2.05) is 0 Å². The molecule has 6 heteroatoms. The number of nitrogens with zero attached hydrogens (tertiary/aromatic N) is 1. The summed E-state index contributed by atoms with van der Waals surface area (Å²) >= 11 is 0. The highest BCUT2D eigenvalue weighted by Crippen LogP contribution is 2.08. The molecule has 0 bridgehead atoms. The quantitative estimate of drug-likeness (QED) is 0.503. The average Bonchev–Trinajstić information content (AvgIpc) is 2.77. The molecular formula is C11H18N2O3S. The van der Waals surface area contributed by atoms with Gasteiger partial charge in [-0.05, 0) is 12.8 Å². The van der Waals surface area contributed by atoms with E-state index < -0.39 is 9.84 Å². The van der Waals surface area contributed by atoms with Crippen molar-refractivity contribution in [2.45, 2.75) is 12.8 Å². The molecule has 0 atom stereocenters. The smallest absolute Gasteiger partial charge is 0.237 e. The number of rotatable bonds is 6. The fraction of sp³-hybridized carbons (Fsp3) is 0.727. The first-order valence-electron chi connectivity index (χ1n) is 5.67. The molecule has 1 amide bonds. The lowest BCUT2D eigenvalue weighted by atomic mass is 10.4. The number of nitrogens with one attached hydrogen (secondary N) is 1. The summed E-state index contributed by atoms with van der Waals surface area (Å²) in [5.41, 5.74) is 0. The van der Waals surface area contributed by atoms with Crippen molar-refractivity contribution in [3.63, 3.8) is 0 Å². The molecule has 0 radical (unpaired) electrons. The van der Waals surface area contributed by atoms with E-state index in [0.717, 1.165) is 12.8 Å². The molecule has 1 aliphatic rings. The van der Waals surface area contributed by atoms with Gasteiger partial charge in [0.15, 0.2) is 9.84 Å². The molecule has 5 nitrogen and oxygen atoms in total. The fourth-order valence-electron chi connectivity index (χ4n) is 1.71. The van der Waals surface area contributed by atoms with Crippen LogP contribution < -0.4 is 5.32 Å². The van der Waals surface area contributed by atoms with Gasteiger partial charge in [-0.2, -0.15) is 0 Å². The number of hydrogen-bond donors (Lipinski definition) is 1. The van der Waals surface area contributed by atoms with Gasteiger partial charge < -0.3 is 10.2 Å². The SMILES string of the molecule is C#CCNCCS(=O)(=O)CC(=O)N1CCCC1. The largest absolute Gasteiger partial charge is 0.342 e. The summed E-state index contributed by atoms with van der Waals surface area (Å²) in [6.07, 6.45) is 6.95. The standard InChI is InChI=1S/C11H18N2O3S/c1-2-5-12-6-9-17(15,16)10-11(14)13-7-3-4-8-13/h1,12H,3-10H2. The Kier molecular flexibility index (Phi) is 5.45. The van der Waals surface area contributed by atoms with Gasteiger partial charge in [-0.3, -0.25) is 4.79 Å². The summed E-state index contributed by atoms with van der Waals surface area (Å²) in [7, 11) is -3.32. The van der Waals surface area contributed by atoms with Crippen molar-refractivity contribution >= 4 is 15.7 Å². The molecule has 0 aliphatic carbocycles. The van der Waals surface area contributed by atoms with Crippen molar-refractivity contribution in [2.24, 2.45) is 0 Å². The van der Waals surface area contributed by atoms with Gasteiger partial charge in [0.2, 0.25) is 5.91 Å². The number of hydrogen-bond acceptors (Lipinski definition) is 4. The van der Waals surface area contributed by atoms with E-state index in [4.69, 9.17) is 6.42 Å². The topological polar surface area (TPSA) is 66.5 Å². The Morgan fingerprint density at radius 3 is 2.59 bits per heavy atom. The van der Waals surface area contributed by atoms with Gasteiger partial charge in [-0.1, -0.05) is 5.92 Å². The summed E-state index contributed by atoms with van der Waals surface area (Å²) in [4.78, 5) is 13.3. The van der Waals surface area contributed by atoms with Crippen LogP contribution in [0.4, 0.5) is 0 Å². The molecule has 17 heavy (non-hydrogen) atoms. The molecule has 1 aliphatic heterocycles. The maximum Gasteiger partial charge on any atom is 0.237 e. The minimum Gasteiger partial charge on any atom is -0.342 e. The van der Waals surface area contributed by atoms with Gasteiger partial charge in [-0.15, -0.1) is 6.42 Å². The normalized spacial score (nSPS) is 15.8. The maximum atomic E-state index is 11.6. The van der Waals surface area contributed by atoms with E-state index in [9.17, 15) is 13.2 Å². The van der Waals surface area contributed by atoms with Crippen molar-refractivity contribution in [2.75, 3.05) is 37.7 Å². The summed E-state index contributed by atoms with van der Waals surface area (Å²) in [5, 5.41) is 2.79. The van der Waals surface area contributed by atoms with Crippen LogP contribution in [0.15, 0.2) is 0 Å². The Hall–Kier alpha value is -1.06. The molecule has 1 rings (SSSR count). The highest BCUT2D eigenvalue weighted by molar-refractivity contribution is 7.92. The van der Waals surface area contributed by atoms with Gasteiger partial charge in [0.25, 0.3) is 0 Å². The number of amides is 1. The van der Waals surface area contributed by atoms with Crippen LogP contribution in [0.3, 0.4) is 0 Å². The number of likely N-dealkylation sites (tertiary alicyclic amines) is 1. The Morgan fingerprint density at radius 1 is 1.35 bits per heavy atom. The zero-order valence-corrected chi connectivity index (χ0v) is 10.6. The molecule has 0 spiro atoms. The first-order valence-corrected chi connectivity index (χ1v) is 7.50.